The van der Waals surface area contributed by atoms with Crippen LogP contribution in [0.2, 0.25) is 0 Å². The zero-order chi connectivity index (χ0) is 11.2. The van der Waals surface area contributed by atoms with Crippen LogP contribution >= 0.6 is 0 Å². The SMILES string of the molecule is CC(C)(C)C(=O)[O-].N#CC1=CCC[CH-]1.[Zn+2]. The number of rotatable bonds is 0. The van der Waals surface area contributed by atoms with E-state index in [9.17, 15) is 9.90 Å². The molecule has 0 aliphatic heterocycles. The molecule has 1 aliphatic rings. The van der Waals surface area contributed by atoms with Gasteiger partial charge in [0.1, 0.15) is 0 Å². The molecule has 0 fully saturated rings. The van der Waals surface area contributed by atoms with Gasteiger partial charge in [-0.1, -0.05) is 39.7 Å². The number of carbonyl (C=O) groups is 1. The van der Waals surface area contributed by atoms with Crippen molar-refractivity contribution in [1.82, 2.24) is 0 Å². The number of carbonyl (C=O) groups excluding carboxylic acids is 1. The summed E-state index contributed by atoms with van der Waals surface area (Å²) in [6.07, 6.45) is 6.03. The van der Waals surface area contributed by atoms with E-state index in [0.29, 0.717) is 0 Å². The van der Waals surface area contributed by atoms with Crippen LogP contribution in [0, 0.1) is 23.2 Å². The van der Waals surface area contributed by atoms with Gasteiger partial charge in [0.25, 0.3) is 0 Å². The van der Waals surface area contributed by atoms with Crippen molar-refractivity contribution < 1.29 is 29.4 Å². The predicted octanol–water partition coefficient (Wildman–Crippen LogP) is 1.21. The van der Waals surface area contributed by atoms with Crippen molar-refractivity contribution in [1.29, 1.82) is 5.26 Å². The first kappa shape index (κ1) is 16.6. The molecule has 0 radical (unpaired) electrons. The second-order valence-electron chi connectivity index (χ2n) is 4.09. The Bertz CT molecular complexity index is 271. The van der Waals surface area contributed by atoms with Gasteiger partial charge in [0.15, 0.2) is 0 Å². The summed E-state index contributed by atoms with van der Waals surface area (Å²) in [5, 5.41) is 18.1. The van der Waals surface area contributed by atoms with E-state index in [4.69, 9.17) is 5.26 Å². The van der Waals surface area contributed by atoms with Crippen molar-refractivity contribution in [3.63, 3.8) is 0 Å². The van der Waals surface area contributed by atoms with Crippen LogP contribution < -0.4 is 5.11 Å². The fraction of sp³-hybridized carbons (Fsp3) is 0.545. The van der Waals surface area contributed by atoms with E-state index >= 15 is 0 Å². The maximum Gasteiger partial charge on any atom is 2.00 e. The molecule has 0 heterocycles. The minimum absolute atomic E-state index is 0. The number of nitriles is 1. The molecule has 0 bridgehead atoms. The summed E-state index contributed by atoms with van der Waals surface area (Å²) in [5.41, 5.74) is 0.153. The van der Waals surface area contributed by atoms with Crippen molar-refractivity contribution in [3.05, 3.63) is 18.1 Å². The van der Waals surface area contributed by atoms with Gasteiger partial charge >= 0.3 is 19.5 Å². The van der Waals surface area contributed by atoms with E-state index in [2.05, 4.69) is 6.07 Å². The first-order valence-electron chi connectivity index (χ1n) is 4.53. The van der Waals surface area contributed by atoms with Crippen LogP contribution in [-0.2, 0) is 24.3 Å². The number of carboxylic acids is 1. The first-order chi connectivity index (χ1) is 6.38. The van der Waals surface area contributed by atoms with Crippen LogP contribution in [-0.4, -0.2) is 5.97 Å². The molecule has 0 unspecified atom stereocenters. The standard InChI is InChI=1S/C6H6N.C5H10O2.Zn/c7-5-6-3-1-2-4-6;1-5(2,3)4(6)7;/h3-4H,1-2H2;1-3H3,(H,6,7);/q-1;;+2/p-1. The maximum absolute atomic E-state index is 9.91. The third-order valence-electron chi connectivity index (χ3n) is 1.64. The molecule has 0 aromatic carbocycles. The van der Waals surface area contributed by atoms with Gasteiger partial charge in [0.05, 0.1) is 0 Å². The Morgan fingerprint density at radius 2 is 2.07 bits per heavy atom. The molecule has 3 nitrogen and oxygen atoms in total. The Balaban J connectivity index is 0. The number of carboxylic acid groups (broad SMARTS) is 1. The van der Waals surface area contributed by atoms with Crippen LogP contribution in [0.25, 0.3) is 0 Å². The normalized spacial score (nSPS) is 13.3. The molecular weight excluding hydrogens is 244 g/mol. The smallest absolute Gasteiger partial charge is 0.550 e. The second kappa shape index (κ2) is 7.48. The molecule has 0 aromatic heterocycles. The summed E-state index contributed by atoms with van der Waals surface area (Å²) >= 11 is 0. The van der Waals surface area contributed by atoms with Gasteiger partial charge in [0, 0.05) is 11.4 Å². The monoisotopic (exact) mass is 257 g/mol. The van der Waals surface area contributed by atoms with Crippen molar-refractivity contribution >= 4 is 5.97 Å². The number of allylic oxidation sites excluding steroid dienone is 2. The zero-order valence-electron chi connectivity index (χ0n) is 9.54. The summed E-state index contributed by atoms with van der Waals surface area (Å²) in [7, 11) is 0. The summed E-state index contributed by atoms with van der Waals surface area (Å²) in [5.74, 6) is -1.01. The van der Waals surface area contributed by atoms with Gasteiger partial charge in [0.2, 0.25) is 0 Å². The van der Waals surface area contributed by atoms with E-state index in [1.54, 1.807) is 20.8 Å². The average Bonchev–Trinajstić information content (AvgIpc) is 2.54. The van der Waals surface area contributed by atoms with Gasteiger partial charge in [-0.2, -0.15) is 12.5 Å². The predicted molar refractivity (Wildman–Crippen MR) is 51.7 cm³/mol. The van der Waals surface area contributed by atoms with Gasteiger partial charge in [-0.15, -0.1) is 5.57 Å². The number of hydrogen-bond donors (Lipinski definition) is 0. The average molecular weight is 259 g/mol. The van der Waals surface area contributed by atoms with Crippen molar-refractivity contribution in [2.45, 2.75) is 33.6 Å². The zero-order valence-corrected chi connectivity index (χ0v) is 12.5. The first-order valence-corrected chi connectivity index (χ1v) is 4.53. The minimum atomic E-state index is -1.01. The summed E-state index contributed by atoms with van der Waals surface area (Å²) < 4.78 is 0. The van der Waals surface area contributed by atoms with Crippen molar-refractivity contribution in [3.8, 4) is 6.07 Å². The molecule has 0 spiro atoms. The van der Waals surface area contributed by atoms with E-state index in [0.717, 1.165) is 18.4 Å². The number of nitrogens with zero attached hydrogens (tertiary/aromatic N) is 1. The molecule has 0 amide bonds. The fourth-order valence-electron chi connectivity index (χ4n) is 0.652. The van der Waals surface area contributed by atoms with Crippen LogP contribution in [0.15, 0.2) is 11.6 Å². The van der Waals surface area contributed by atoms with E-state index < -0.39 is 11.4 Å². The Labute approximate surface area is 104 Å². The number of hydrogen-bond acceptors (Lipinski definition) is 3. The van der Waals surface area contributed by atoms with E-state index in [1.807, 2.05) is 12.5 Å². The quantitative estimate of drug-likeness (QED) is 0.485. The largest absolute Gasteiger partial charge is 2.00 e. The number of aliphatic carboxylic acids is 1. The Hall–Kier alpha value is -0.807. The third kappa shape index (κ3) is 8.21. The molecule has 0 saturated heterocycles. The Morgan fingerprint density at radius 1 is 1.60 bits per heavy atom. The van der Waals surface area contributed by atoms with Gasteiger partial charge < -0.3 is 9.90 Å². The molecule has 1 aliphatic carbocycles. The molecule has 0 aromatic rings. The maximum atomic E-state index is 9.91. The van der Waals surface area contributed by atoms with E-state index in [-0.39, 0.29) is 19.5 Å². The van der Waals surface area contributed by atoms with Gasteiger partial charge in [-0.25, -0.2) is 0 Å². The molecule has 0 saturated carbocycles. The molecule has 4 heteroatoms. The third-order valence-corrected chi connectivity index (χ3v) is 1.64. The Kier molecular flexibility index (Phi) is 8.29. The molecule has 0 atom stereocenters. The summed E-state index contributed by atoms with van der Waals surface area (Å²) in [4.78, 5) is 9.91. The van der Waals surface area contributed by atoms with Crippen molar-refractivity contribution in [2.24, 2.45) is 5.41 Å². The van der Waals surface area contributed by atoms with Gasteiger partial charge in [-0.3, -0.25) is 5.26 Å². The van der Waals surface area contributed by atoms with Crippen LogP contribution in [0.5, 0.6) is 0 Å². The molecule has 15 heavy (non-hydrogen) atoms. The topological polar surface area (TPSA) is 63.9 Å². The van der Waals surface area contributed by atoms with Crippen LogP contribution in [0.3, 0.4) is 0 Å². The second-order valence-corrected chi connectivity index (χ2v) is 4.09. The molecular formula is C11H15NO2Zn. The molecule has 0 N–H and O–H groups in total. The summed E-state index contributed by atoms with van der Waals surface area (Å²) in [6.45, 7) is 4.80. The molecule has 1 rings (SSSR count). The molecule has 78 valence electrons. The van der Waals surface area contributed by atoms with E-state index in [1.165, 1.54) is 0 Å². The van der Waals surface area contributed by atoms with Gasteiger partial charge in [-0.05, 0) is 0 Å². The van der Waals surface area contributed by atoms with Crippen LogP contribution in [0.1, 0.15) is 33.6 Å². The van der Waals surface area contributed by atoms with Crippen molar-refractivity contribution in [2.75, 3.05) is 0 Å². The summed E-state index contributed by atoms with van der Waals surface area (Å²) in [6, 6.07) is 2.07. The minimum Gasteiger partial charge on any atom is -0.550 e. The fourth-order valence-corrected chi connectivity index (χ4v) is 0.652. The Morgan fingerprint density at radius 3 is 2.20 bits per heavy atom. The van der Waals surface area contributed by atoms with Crippen LogP contribution in [0.4, 0.5) is 0 Å².